The van der Waals surface area contributed by atoms with E-state index < -0.39 is 12.0 Å². The zero-order chi connectivity index (χ0) is 21.1. The summed E-state index contributed by atoms with van der Waals surface area (Å²) in [4.78, 5) is 31.8. The Morgan fingerprint density at radius 3 is 2.79 bits per heavy atom. The Bertz CT molecular complexity index is 908. The highest BCUT2D eigenvalue weighted by Crippen LogP contribution is 2.44. The molecule has 154 valence electrons. The summed E-state index contributed by atoms with van der Waals surface area (Å²) in [6, 6.07) is 4.74. The van der Waals surface area contributed by atoms with Crippen LogP contribution in [-0.4, -0.2) is 47.5 Å². The van der Waals surface area contributed by atoms with E-state index in [9.17, 15) is 9.59 Å². The molecule has 8 heteroatoms. The lowest BCUT2D eigenvalue weighted by molar-refractivity contribution is -0.139. The number of benzene rings is 1. The van der Waals surface area contributed by atoms with Gasteiger partial charge in [-0.25, -0.2) is 9.79 Å². The Hall–Kier alpha value is -2.74. The van der Waals surface area contributed by atoms with Crippen LogP contribution >= 0.6 is 11.8 Å². The van der Waals surface area contributed by atoms with E-state index in [2.05, 4.69) is 11.6 Å². The van der Waals surface area contributed by atoms with E-state index >= 15 is 0 Å². The van der Waals surface area contributed by atoms with Gasteiger partial charge in [0.1, 0.15) is 6.61 Å². The Kier molecular flexibility index (Phi) is 6.32. The van der Waals surface area contributed by atoms with Crippen LogP contribution in [0.3, 0.4) is 0 Å². The fourth-order valence-electron chi connectivity index (χ4n) is 3.32. The van der Waals surface area contributed by atoms with E-state index in [4.69, 9.17) is 14.2 Å². The number of amidine groups is 1. The zero-order valence-electron chi connectivity index (χ0n) is 16.9. The van der Waals surface area contributed by atoms with Gasteiger partial charge < -0.3 is 14.2 Å². The summed E-state index contributed by atoms with van der Waals surface area (Å²) in [7, 11) is 1.55. The van der Waals surface area contributed by atoms with Crippen molar-refractivity contribution in [2.75, 3.05) is 20.3 Å². The third kappa shape index (κ3) is 3.89. The second kappa shape index (κ2) is 8.73. The second-order valence-corrected chi connectivity index (χ2v) is 7.80. The van der Waals surface area contributed by atoms with Crippen molar-refractivity contribution >= 4 is 28.8 Å². The average Bonchev–Trinajstić information content (AvgIpc) is 2.98. The van der Waals surface area contributed by atoms with Crippen LogP contribution in [0.2, 0.25) is 0 Å². The molecule has 2 aliphatic rings. The maximum Gasteiger partial charge on any atom is 0.338 e. The number of hydrogen-bond donors (Lipinski definition) is 0. The lowest BCUT2D eigenvalue weighted by Crippen LogP contribution is -2.40. The molecule has 0 spiro atoms. The largest absolute Gasteiger partial charge is 0.493 e. The lowest BCUT2D eigenvalue weighted by atomic mass is 9.94. The Balaban J connectivity index is 2.12. The number of carbonyl (C=O) groups is 2. The van der Waals surface area contributed by atoms with Gasteiger partial charge in [0.2, 0.25) is 5.91 Å². The summed E-state index contributed by atoms with van der Waals surface area (Å²) in [6.07, 6.45) is 1.50. The number of ether oxygens (including phenoxy) is 3. The fourth-order valence-corrected chi connectivity index (χ4v) is 4.35. The third-order valence-corrected chi connectivity index (χ3v) is 5.67. The van der Waals surface area contributed by atoms with Crippen molar-refractivity contribution in [2.24, 2.45) is 4.99 Å². The molecule has 1 aromatic rings. The molecule has 3 rings (SSSR count). The minimum atomic E-state index is -0.658. The van der Waals surface area contributed by atoms with Gasteiger partial charge in [0.05, 0.1) is 36.3 Å². The van der Waals surface area contributed by atoms with Crippen LogP contribution in [0.25, 0.3) is 0 Å². The number of esters is 1. The smallest absolute Gasteiger partial charge is 0.338 e. The number of rotatable bonds is 7. The molecule has 2 aliphatic heterocycles. The Morgan fingerprint density at radius 2 is 2.14 bits per heavy atom. The first kappa shape index (κ1) is 21.0. The lowest BCUT2D eigenvalue weighted by Gasteiger charge is -2.33. The molecule has 29 heavy (non-hydrogen) atoms. The fraction of sp³-hybridized carbons (Fsp3) is 0.381. The van der Waals surface area contributed by atoms with E-state index in [-0.39, 0.29) is 17.8 Å². The number of nitrogens with zero attached hydrogens (tertiary/aromatic N) is 2. The molecule has 0 aromatic heterocycles. The first-order valence-electron chi connectivity index (χ1n) is 9.30. The summed E-state index contributed by atoms with van der Waals surface area (Å²) in [5.74, 6) is 0.487. The van der Waals surface area contributed by atoms with E-state index in [1.165, 1.54) is 17.8 Å². The molecule has 0 saturated carbocycles. The van der Waals surface area contributed by atoms with Gasteiger partial charge in [-0.1, -0.05) is 30.5 Å². The van der Waals surface area contributed by atoms with Gasteiger partial charge in [-0.05, 0) is 38.5 Å². The van der Waals surface area contributed by atoms with Gasteiger partial charge in [0, 0.05) is 0 Å². The highest BCUT2D eigenvalue weighted by molar-refractivity contribution is 8.15. The molecule has 2 heterocycles. The third-order valence-electron chi connectivity index (χ3n) is 4.61. The van der Waals surface area contributed by atoms with E-state index in [0.29, 0.717) is 40.1 Å². The first-order chi connectivity index (χ1) is 13.9. The summed E-state index contributed by atoms with van der Waals surface area (Å²) >= 11 is 1.38. The molecule has 7 nitrogen and oxygen atoms in total. The summed E-state index contributed by atoms with van der Waals surface area (Å²) in [5, 5.41) is 0.301. The van der Waals surface area contributed by atoms with E-state index in [1.807, 2.05) is 19.9 Å². The van der Waals surface area contributed by atoms with Crippen LogP contribution in [0.5, 0.6) is 11.5 Å². The van der Waals surface area contributed by atoms with Crippen LogP contribution in [-0.2, 0) is 14.3 Å². The van der Waals surface area contributed by atoms with Crippen molar-refractivity contribution in [1.29, 1.82) is 0 Å². The van der Waals surface area contributed by atoms with Crippen molar-refractivity contribution in [3.8, 4) is 11.5 Å². The monoisotopic (exact) mass is 416 g/mol. The van der Waals surface area contributed by atoms with Crippen molar-refractivity contribution < 1.29 is 23.8 Å². The number of fused-ring (bicyclic) bond motifs is 1. The number of carbonyl (C=O) groups excluding carboxylic acids is 2. The molecule has 1 aromatic carbocycles. The van der Waals surface area contributed by atoms with Gasteiger partial charge >= 0.3 is 5.97 Å². The molecule has 0 radical (unpaired) electrons. The second-order valence-electron chi connectivity index (χ2n) is 6.49. The average molecular weight is 416 g/mol. The van der Waals surface area contributed by atoms with Crippen LogP contribution in [0.1, 0.15) is 32.4 Å². The molecule has 0 unspecified atom stereocenters. The van der Waals surface area contributed by atoms with Crippen LogP contribution in [0.15, 0.2) is 47.1 Å². The minimum Gasteiger partial charge on any atom is -0.493 e. The van der Waals surface area contributed by atoms with E-state index in [0.717, 1.165) is 0 Å². The number of amides is 1. The molecule has 2 atom stereocenters. The van der Waals surface area contributed by atoms with Crippen molar-refractivity contribution in [3.05, 3.63) is 47.7 Å². The first-order valence-corrected chi connectivity index (χ1v) is 10.2. The number of aliphatic imine (C=N–C) groups is 1. The van der Waals surface area contributed by atoms with Crippen molar-refractivity contribution in [1.82, 2.24) is 4.90 Å². The predicted molar refractivity (Wildman–Crippen MR) is 112 cm³/mol. The normalized spacial score (nSPS) is 20.9. The molecular weight excluding hydrogens is 392 g/mol. The molecule has 0 N–H and O–H groups in total. The van der Waals surface area contributed by atoms with Gasteiger partial charge in [0.15, 0.2) is 16.7 Å². The standard InChI is InChI=1S/C21H24N2O5S/c1-6-10-28-20(25)17-12(3)22-21-23(19(24)13(4)29-21)18(17)14-8-9-15(27-7-2)16(11-14)26-5/h6,8-9,11,13,18H,1,7,10H2,2-5H3/t13-,18-/m1/s1. The maximum atomic E-state index is 12.9. The number of thioether (sulfide) groups is 1. The topological polar surface area (TPSA) is 77.4 Å². The van der Waals surface area contributed by atoms with Gasteiger partial charge in [0.25, 0.3) is 0 Å². The molecule has 0 bridgehead atoms. The Labute approximate surface area is 174 Å². The predicted octanol–water partition coefficient (Wildman–Crippen LogP) is 3.47. The van der Waals surface area contributed by atoms with Crippen molar-refractivity contribution in [3.63, 3.8) is 0 Å². The van der Waals surface area contributed by atoms with Gasteiger partial charge in [-0.2, -0.15) is 0 Å². The van der Waals surface area contributed by atoms with Gasteiger partial charge in [-0.3, -0.25) is 9.69 Å². The summed E-state index contributed by atoms with van der Waals surface area (Å²) < 4.78 is 16.4. The molecular formula is C21H24N2O5S. The molecule has 1 saturated heterocycles. The van der Waals surface area contributed by atoms with E-state index in [1.54, 1.807) is 31.1 Å². The summed E-state index contributed by atoms with van der Waals surface area (Å²) in [5.41, 5.74) is 1.56. The van der Waals surface area contributed by atoms with Crippen molar-refractivity contribution in [2.45, 2.75) is 32.1 Å². The maximum absolute atomic E-state index is 12.9. The highest BCUT2D eigenvalue weighted by Gasteiger charge is 2.46. The van der Waals surface area contributed by atoms with Crippen LogP contribution < -0.4 is 9.47 Å². The quantitative estimate of drug-likeness (QED) is 0.500. The Morgan fingerprint density at radius 1 is 1.38 bits per heavy atom. The molecule has 1 amide bonds. The minimum absolute atomic E-state index is 0.0740. The van der Waals surface area contributed by atoms with Crippen LogP contribution in [0.4, 0.5) is 0 Å². The highest BCUT2D eigenvalue weighted by atomic mass is 32.2. The number of hydrogen-bond acceptors (Lipinski definition) is 7. The van der Waals surface area contributed by atoms with Gasteiger partial charge in [-0.15, -0.1) is 0 Å². The molecule has 1 fully saturated rings. The number of methoxy groups -OCH3 is 1. The zero-order valence-corrected chi connectivity index (χ0v) is 17.7. The number of allylic oxidation sites excluding steroid dienone is 1. The van der Waals surface area contributed by atoms with Crippen LogP contribution in [0, 0.1) is 0 Å². The molecule has 0 aliphatic carbocycles. The SMILES string of the molecule is C=CCOC(=O)C1=C(C)N=C2S[C@H](C)C(=O)N2[C@@H]1c1ccc(OCC)c(OC)c1. The summed E-state index contributed by atoms with van der Waals surface area (Å²) in [6.45, 7) is 9.61.